The molecule has 4 rings (SSSR count). The number of carbonyl (C=O) groups is 1. The van der Waals surface area contributed by atoms with Gasteiger partial charge in [0.05, 0.1) is 20.8 Å². The van der Waals surface area contributed by atoms with Crippen LogP contribution in [-0.2, 0) is 10.2 Å². The molecule has 1 N–H and O–H groups in total. The lowest BCUT2D eigenvalue weighted by Gasteiger charge is -2.40. The van der Waals surface area contributed by atoms with E-state index in [2.05, 4.69) is 42.3 Å². The first kappa shape index (κ1) is 17.5. The van der Waals surface area contributed by atoms with Gasteiger partial charge < -0.3 is 19.7 Å². The summed E-state index contributed by atoms with van der Waals surface area (Å²) in [6.07, 6.45) is 4.09. The summed E-state index contributed by atoms with van der Waals surface area (Å²) in [5, 5.41) is 3.23. The SMILES string of the molecule is COc1ccc(OC)c(C=CC23NC(=O)CN2c2ccccc2C3(C)C)c1. The number of carbonyl (C=O) groups excluding carboxylic acids is 1. The lowest BCUT2D eigenvalue weighted by atomic mass is 9.75. The Morgan fingerprint density at radius 1 is 1.11 bits per heavy atom. The van der Waals surface area contributed by atoms with Crippen molar-refractivity contribution in [1.82, 2.24) is 5.32 Å². The Morgan fingerprint density at radius 3 is 2.63 bits per heavy atom. The number of hydrogen-bond donors (Lipinski definition) is 1. The highest BCUT2D eigenvalue weighted by molar-refractivity contribution is 5.91. The van der Waals surface area contributed by atoms with Crippen molar-refractivity contribution in [3.05, 3.63) is 59.7 Å². The fourth-order valence-corrected chi connectivity index (χ4v) is 4.32. The molecule has 2 aliphatic heterocycles. The van der Waals surface area contributed by atoms with Crippen molar-refractivity contribution >= 4 is 17.7 Å². The molecule has 1 atom stereocenters. The molecule has 1 unspecified atom stereocenters. The van der Waals surface area contributed by atoms with E-state index in [1.807, 2.05) is 36.4 Å². The molecular weight excluding hydrogens is 340 g/mol. The zero-order chi connectivity index (χ0) is 19.2. The van der Waals surface area contributed by atoms with Crippen LogP contribution in [0.25, 0.3) is 6.08 Å². The van der Waals surface area contributed by atoms with Crippen LogP contribution in [0.5, 0.6) is 11.5 Å². The van der Waals surface area contributed by atoms with Gasteiger partial charge in [0, 0.05) is 16.7 Å². The van der Waals surface area contributed by atoms with Gasteiger partial charge in [-0.1, -0.05) is 38.1 Å². The number of para-hydroxylation sites is 1. The third-order valence-corrected chi connectivity index (χ3v) is 5.82. The molecular formula is C22H24N2O3. The van der Waals surface area contributed by atoms with Crippen LogP contribution in [0.3, 0.4) is 0 Å². The quantitative estimate of drug-likeness (QED) is 0.904. The van der Waals surface area contributed by atoms with Crippen LogP contribution in [0.4, 0.5) is 5.69 Å². The van der Waals surface area contributed by atoms with Crippen LogP contribution < -0.4 is 19.7 Å². The minimum Gasteiger partial charge on any atom is -0.497 e. The largest absolute Gasteiger partial charge is 0.497 e. The molecule has 0 bridgehead atoms. The van der Waals surface area contributed by atoms with E-state index >= 15 is 0 Å². The molecule has 0 aromatic heterocycles. The van der Waals surface area contributed by atoms with E-state index in [-0.39, 0.29) is 11.3 Å². The van der Waals surface area contributed by atoms with Crippen molar-refractivity contribution in [3.8, 4) is 11.5 Å². The zero-order valence-electron chi connectivity index (χ0n) is 16.1. The highest BCUT2D eigenvalue weighted by Crippen LogP contribution is 2.52. The van der Waals surface area contributed by atoms with Crippen molar-refractivity contribution in [2.75, 3.05) is 25.7 Å². The molecule has 27 heavy (non-hydrogen) atoms. The Bertz CT molecular complexity index is 935. The Hall–Kier alpha value is -2.95. The standard InChI is InChI=1S/C22H24N2O3/c1-21(2)17-7-5-6-8-18(17)24-14-20(25)23-22(21,24)12-11-15-13-16(26-3)9-10-19(15)27-4/h5-13H,14H2,1-4H3,(H,23,25). The van der Waals surface area contributed by atoms with Gasteiger partial charge in [0.25, 0.3) is 0 Å². The molecule has 0 aliphatic carbocycles. The van der Waals surface area contributed by atoms with Gasteiger partial charge in [-0.25, -0.2) is 0 Å². The first-order valence-electron chi connectivity index (χ1n) is 9.02. The number of hydrogen-bond acceptors (Lipinski definition) is 4. The summed E-state index contributed by atoms with van der Waals surface area (Å²) in [6, 6.07) is 14.0. The summed E-state index contributed by atoms with van der Waals surface area (Å²) in [4.78, 5) is 14.5. The predicted octanol–water partition coefficient (Wildman–Crippen LogP) is 3.34. The lowest BCUT2D eigenvalue weighted by molar-refractivity contribution is -0.118. The molecule has 2 heterocycles. The number of anilines is 1. The number of benzene rings is 2. The van der Waals surface area contributed by atoms with Crippen molar-refractivity contribution in [1.29, 1.82) is 0 Å². The van der Waals surface area contributed by atoms with Gasteiger partial charge >= 0.3 is 0 Å². The molecule has 5 nitrogen and oxygen atoms in total. The van der Waals surface area contributed by atoms with Crippen molar-refractivity contribution in [2.24, 2.45) is 0 Å². The van der Waals surface area contributed by atoms with Gasteiger partial charge in [-0.3, -0.25) is 4.79 Å². The Kier molecular flexibility index (Phi) is 3.91. The second-order valence-electron chi connectivity index (χ2n) is 7.48. The Labute approximate surface area is 159 Å². The predicted molar refractivity (Wildman–Crippen MR) is 106 cm³/mol. The van der Waals surface area contributed by atoms with Gasteiger partial charge in [-0.05, 0) is 35.9 Å². The van der Waals surface area contributed by atoms with Gasteiger partial charge in [-0.2, -0.15) is 0 Å². The van der Waals surface area contributed by atoms with Crippen molar-refractivity contribution in [2.45, 2.75) is 24.9 Å². The molecule has 2 aliphatic rings. The first-order valence-corrected chi connectivity index (χ1v) is 9.02. The summed E-state index contributed by atoms with van der Waals surface area (Å²) in [5.74, 6) is 1.54. The number of methoxy groups -OCH3 is 2. The lowest BCUT2D eigenvalue weighted by Crippen LogP contribution is -2.58. The average Bonchev–Trinajstić information content (AvgIpc) is 3.11. The van der Waals surface area contributed by atoms with E-state index in [4.69, 9.17) is 9.47 Å². The second-order valence-corrected chi connectivity index (χ2v) is 7.48. The minimum atomic E-state index is -0.623. The fraction of sp³-hybridized carbons (Fsp3) is 0.318. The fourth-order valence-electron chi connectivity index (χ4n) is 4.32. The monoisotopic (exact) mass is 364 g/mol. The zero-order valence-corrected chi connectivity index (χ0v) is 16.1. The summed E-state index contributed by atoms with van der Waals surface area (Å²) in [5.41, 5.74) is 2.31. The van der Waals surface area contributed by atoms with Crippen LogP contribution in [0.15, 0.2) is 48.5 Å². The van der Waals surface area contributed by atoms with Gasteiger partial charge in [-0.15, -0.1) is 0 Å². The molecule has 1 amide bonds. The second kappa shape index (κ2) is 6.05. The third kappa shape index (κ3) is 2.41. The summed E-state index contributed by atoms with van der Waals surface area (Å²) in [6.45, 7) is 4.69. The smallest absolute Gasteiger partial charge is 0.241 e. The van der Waals surface area contributed by atoms with E-state index < -0.39 is 5.66 Å². The highest BCUT2D eigenvalue weighted by Gasteiger charge is 2.59. The number of nitrogens with zero attached hydrogens (tertiary/aromatic N) is 1. The van der Waals surface area contributed by atoms with Gasteiger partial charge in [0.1, 0.15) is 17.2 Å². The number of fused-ring (bicyclic) bond motifs is 3. The van der Waals surface area contributed by atoms with Crippen LogP contribution >= 0.6 is 0 Å². The van der Waals surface area contributed by atoms with E-state index in [9.17, 15) is 4.79 Å². The van der Waals surface area contributed by atoms with Crippen LogP contribution in [-0.4, -0.2) is 32.3 Å². The summed E-state index contributed by atoms with van der Waals surface area (Å²) < 4.78 is 10.8. The summed E-state index contributed by atoms with van der Waals surface area (Å²) >= 11 is 0. The molecule has 1 saturated heterocycles. The van der Waals surface area contributed by atoms with Crippen molar-refractivity contribution < 1.29 is 14.3 Å². The van der Waals surface area contributed by atoms with Crippen molar-refractivity contribution in [3.63, 3.8) is 0 Å². The van der Waals surface area contributed by atoms with E-state index in [1.54, 1.807) is 14.2 Å². The molecule has 2 aromatic rings. The topological polar surface area (TPSA) is 50.8 Å². The third-order valence-electron chi connectivity index (χ3n) is 5.82. The maximum absolute atomic E-state index is 12.4. The Morgan fingerprint density at radius 2 is 1.89 bits per heavy atom. The molecule has 1 fully saturated rings. The van der Waals surface area contributed by atoms with Crippen LogP contribution in [0.1, 0.15) is 25.0 Å². The van der Waals surface area contributed by atoms with Gasteiger partial charge in [0.15, 0.2) is 0 Å². The van der Waals surface area contributed by atoms with E-state index in [0.29, 0.717) is 6.54 Å². The first-order chi connectivity index (χ1) is 12.9. The number of nitrogens with one attached hydrogen (secondary N) is 1. The number of rotatable bonds is 4. The molecule has 0 saturated carbocycles. The maximum atomic E-state index is 12.4. The van der Waals surface area contributed by atoms with Crippen LogP contribution in [0, 0.1) is 0 Å². The highest BCUT2D eigenvalue weighted by atomic mass is 16.5. The number of amides is 1. The average molecular weight is 364 g/mol. The van der Waals surface area contributed by atoms with Crippen LogP contribution in [0.2, 0.25) is 0 Å². The molecule has 2 aromatic carbocycles. The minimum absolute atomic E-state index is 0.0276. The maximum Gasteiger partial charge on any atom is 0.241 e. The van der Waals surface area contributed by atoms with E-state index in [1.165, 1.54) is 5.56 Å². The number of ether oxygens (including phenoxy) is 2. The Balaban J connectivity index is 1.83. The molecule has 140 valence electrons. The molecule has 0 radical (unpaired) electrons. The molecule has 5 heteroatoms. The normalized spacial score (nSPS) is 22.5. The van der Waals surface area contributed by atoms with E-state index in [0.717, 1.165) is 22.7 Å². The molecule has 0 spiro atoms. The summed E-state index contributed by atoms with van der Waals surface area (Å²) in [7, 11) is 3.29. The van der Waals surface area contributed by atoms with Gasteiger partial charge in [0.2, 0.25) is 5.91 Å².